The highest BCUT2D eigenvalue weighted by Gasteiger charge is 2.40. The van der Waals surface area contributed by atoms with Gasteiger partial charge in [0, 0.05) is 47.1 Å². The minimum Gasteiger partial charge on any atom is -0.497 e. The molecule has 4 rings (SSSR count). The maximum absolute atomic E-state index is 6.38. The fourth-order valence-electron chi connectivity index (χ4n) is 3.69. The number of methoxy groups -OCH3 is 1. The number of hydrogen-bond acceptors (Lipinski definition) is 5. The molecular formula is C19H22N4O. The molecule has 1 aromatic heterocycles. The summed E-state index contributed by atoms with van der Waals surface area (Å²) < 4.78 is 5.29. The van der Waals surface area contributed by atoms with Crippen LogP contribution in [0.2, 0.25) is 0 Å². The third-order valence-electron chi connectivity index (χ3n) is 5.17. The number of rotatable bonds is 3. The maximum Gasteiger partial charge on any atom is 0.119 e. The average Bonchev–Trinajstić information content (AvgIpc) is 3.24. The first-order valence-corrected chi connectivity index (χ1v) is 8.37. The largest absolute Gasteiger partial charge is 0.497 e. The summed E-state index contributed by atoms with van der Waals surface area (Å²) in [5.41, 5.74) is 10.3. The first-order chi connectivity index (χ1) is 11.7. The molecule has 1 atom stereocenters. The molecule has 0 radical (unpaired) electrons. The number of benzene rings is 1. The first kappa shape index (κ1) is 15.1. The summed E-state index contributed by atoms with van der Waals surface area (Å²) in [6, 6.07) is 7.91. The van der Waals surface area contributed by atoms with Gasteiger partial charge in [0.25, 0.3) is 0 Å². The summed E-state index contributed by atoms with van der Waals surface area (Å²) >= 11 is 0. The number of nitrogens with one attached hydrogen (secondary N) is 1. The van der Waals surface area contributed by atoms with Gasteiger partial charge < -0.3 is 15.8 Å². The van der Waals surface area contributed by atoms with E-state index in [1.165, 1.54) is 0 Å². The third-order valence-corrected chi connectivity index (χ3v) is 5.17. The van der Waals surface area contributed by atoms with Crippen molar-refractivity contribution in [3.05, 3.63) is 42.1 Å². The number of nitrogens with two attached hydrogens (primary N) is 1. The Labute approximate surface area is 141 Å². The molecule has 2 aromatic rings. The Hall–Kier alpha value is -2.40. The lowest BCUT2D eigenvalue weighted by Crippen LogP contribution is -2.29. The lowest BCUT2D eigenvalue weighted by atomic mass is 9.80. The van der Waals surface area contributed by atoms with Crippen molar-refractivity contribution in [3.63, 3.8) is 0 Å². The Bertz CT molecular complexity index is 834. The normalized spacial score (nSPS) is 23.9. The van der Waals surface area contributed by atoms with Gasteiger partial charge in [0.2, 0.25) is 0 Å². The van der Waals surface area contributed by atoms with Gasteiger partial charge in [-0.25, -0.2) is 0 Å². The molecular weight excluding hydrogens is 300 g/mol. The van der Waals surface area contributed by atoms with Crippen LogP contribution < -0.4 is 15.8 Å². The fraction of sp³-hybridized carbons (Fsp3) is 0.368. The molecule has 0 amide bonds. The van der Waals surface area contributed by atoms with Crippen molar-refractivity contribution in [1.82, 2.24) is 10.3 Å². The number of aromatic nitrogens is 1. The summed E-state index contributed by atoms with van der Waals surface area (Å²) in [5, 5.41) is 4.48. The van der Waals surface area contributed by atoms with Crippen molar-refractivity contribution < 1.29 is 4.74 Å². The van der Waals surface area contributed by atoms with E-state index >= 15 is 0 Å². The topological polar surface area (TPSA) is 72.5 Å². The van der Waals surface area contributed by atoms with Crippen LogP contribution in [0, 0.1) is 5.41 Å². The zero-order valence-electron chi connectivity index (χ0n) is 13.9. The molecule has 0 saturated carbocycles. The maximum atomic E-state index is 6.38. The van der Waals surface area contributed by atoms with Gasteiger partial charge in [-0.1, -0.05) is 0 Å². The Morgan fingerprint density at radius 2 is 2.25 bits per heavy atom. The molecule has 1 saturated heterocycles. The number of hydrogen-bond donors (Lipinski definition) is 2. The van der Waals surface area contributed by atoms with Crippen molar-refractivity contribution in [2.24, 2.45) is 16.1 Å². The van der Waals surface area contributed by atoms with Crippen LogP contribution in [-0.2, 0) is 0 Å². The van der Waals surface area contributed by atoms with Gasteiger partial charge in [-0.15, -0.1) is 0 Å². The molecule has 5 nitrogen and oxygen atoms in total. The van der Waals surface area contributed by atoms with Crippen LogP contribution >= 0.6 is 0 Å². The van der Waals surface area contributed by atoms with Crippen LogP contribution in [0.1, 0.15) is 18.4 Å². The van der Waals surface area contributed by atoms with Gasteiger partial charge in [-0.2, -0.15) is 0 Å². The van der Waals surface area contributed by atoms with Crippen molar-refractivity contribution in [2.45, 2.75) is 12.8 Å². The Kier molecular flexibility index (Phi) is 3.73. The summed E-state index contributed by atoms with van der Waals surface area (Å²) in [6.45, 7) is 2.96. The molecule has 1 aromatic carbocycles. The second-order valence-corrected chi connectivity index (χ2v) is 6.61. The molecule has 1 unspecified atom stereocenters. The molecule has 24 heavy (non-hydrogen) atoms. The molecule has 0 bridgehead atoms. The van der Waals surface area contributed by atoms with Crippen molar-refractivity contribution >= 4 is 22.3 Å². The predicted octanol–water partition coefficient (Wildman–Crippen LogP) is 2.37. The van der Waals surface area contributed by atoms with Crippen LogP contribution in [-0.4, -0.2) is 37.4 Å². The van der Waals surface area contributed by atoms with Gasteiger partial charge >= 0.3 is 0 Å². The van der Waals surface area contributed by atoms with Gasteiger partial charge in [-0.05, 0) is 49.7 Å². The van der Waals surface area contributed by atoms with E-state index in [4.69, 9.17) is 15.5 Å². The second kappa shape index (κ2) is 5.91. The Balaban J connectivity index is 1.68. The molecule has 2 aliphatic rings. The first-order valence-electron chi connectivity index (χ1n) is 8.37. The number of allylic oxidation sites excluding steroid dienone is 1. The van der Waals surface area contributed by atoms with E-state index in [0.29, 0.717) is 0 Å². The monoisotopic (exact) mass is 322 g/mol. The molecule has 0 aliphatic carbocycles. The predicted molar refractivity (Wildman–Crippen MR) is 97.3 cm³/mol. The van der Waals surface area contributed by atoms with Gasteiger partial charge in [0.15, 0.2) is 0 Å². The summed E-state index contributed by atoms with van der Waals surface area (Å²) in [4.78, 5) is 9.22. The van der Waals surface area contributed by atoms with E-state index in [1.807, 2.05) is 30.5 Å². The highest BCUT2D eigenvalue weighted by molar-refractivity contribution is 6.06. The molecule has 5 heteroatoms. The van der Waals surface area contributed by atoms with Crippen LogP contribution in [0.5, 0.6) is 5.75 Å². The number of aliphatic imine (C=N–C) groups is 1. The second-order valence-electron chi connectivity index (χ2n) is 6.61. The van der Waals surface area contributed by atoms with Gasteiger partial charge in [-0.3, -0.25) is 9.98 Å². The molecule has 124 valence electrons. The minimum absolute atomic E-state index is 0.179. The van der Waals surface area contributed by atoms with Crippen molar-refractivity contribution in [2.75, 3.05) is 26.7 Å². The lowest BCUT2D eigenvalue weighted by Gasteiger charge is -2.22. The van der Waals surface area contributed by atoms with Crippen LogP contribution in [0.3, 0.4) is 0 Å². The Morgan fingerprint density at radius 1 is 1.33 bits per heavy atom. The van der Waals surface area contributed by atoms with E-state index in [-0.39, 0.29) is 5.41 Å². The highest BCUT2D eigenvalue weighted by atomic mass is 16.5. The number of pyridine rings is 1. The Morgan fingerprint density at radius 3 is 3.04 bits per heavy atom. The number of fused-ring (bicyclic) bond motifs is 1. The van der Waals surface area contributed by atoms with Crippen LogP contribution in [0.4, 0.5) is 0 Å². The lowest BCUT2D eigenvalue weighted by molar-refractivity contribution is 0.415. The van der Waals surface area contributed by atoms with Crippen molar-refractivity contribution in [3.8, 4) is 5.75 Å². The molecule has 3 heterocycles. The van der Waals surface area contributed by atoms with Crippen LogP contribution in [0.25, 0.3) is 16.6 Å². The molecule has 1 fully saturated rings. The zero-order valence-corrected chi connectivity index (χ0v) is 13.9. The molecule has 3 N–H and O–H groups in total. The van der Waals surface area contributed by atoms with Crippen molar-refractivity contribution in [1.29, 1.82) is 0 Å². The smallest absolute Gasteiger partial charge is 0.119 e. The van der Waals surface area contributed by atoms with E-state index < -0.39 is 0 Å². The van der Waals surface area contributed by atoms with E-state index in [2.05, 4.69) is 16.4 Å². The SMILES string of the molecule is COc1ccc2ncc(C(N)=CC3=NCCC34CCNC4)cc2c1. The summed E-state index contributed by atoms with van der Waals surface area (Å²) in [6.07, 6.45) is 6.13. The zero-order chi connectivity index (χ0) is 16.6. The standard InChI is InChI=1S/C19H22N4O/c1-24-15-2-3-17-13(9-15)8-14(11-23-17)16(20)10-18-19(5-7-22-18)4-6-21-12-19/h2-3,8-11,21H,4-7,12,20H2,1H3. The average molecular weight is 322 g/mol. The van der Waals surface area contributed by atoms with Gasteiger partial charge in [0.05, 0.1) is 12.6 Å². The molecule has 2 aliphatic heterocycles. The highest BCUT2D eigenvalue weighted by Crippen LogP contribution is 2.36. The fourth-order valence-corrected chi connectivity index (χ4v) is 3.69. The minimum atomic E-state index is 0.179. The van der Waals surface area contributed by atoms with Gasteiger partial charge in [0.1, 0.15) is 5.75 Å². The number of ether oxygens (including phenoxy) is 1. The van der Waals surface area contributed by atoms with E-state index in [9.17, 15) is 0 Å². The molecule has 1 spiro atoms. The van der Waals surface area contributed by atoms with E-state index in [1.54, 1.807) is 7.11 Å². The number of nitrogens with zero attached hydrogens (tertiary/aromatic N) is 2. The third kappa shape index (κ3) is 2.55. The summed E-state index contributed by atoms with van der Waals surface area (Å²) in [5.74, 6) is 0.820. The quantitative estimate of drug-likeness (QED) is 0.910. The van der Waals surface area contributed by atoms with Crippen LogP contribution in [0.15, 0.2) is 41.5 Å². The summed E-state index contributed by atoms with van der Waals surface area (Å²) in [7, 11) is 1.67. The van der Waals surface area contributed by atoms with E-state index in [0.717, 1.165) is 66.1 Å².